The molecular weight excluding hydrogens is 428 g/mol. The van der Waals surface area contributed by atoms with Gasteiger partial charge in [0.1, 0.15) is 17.9 Å². The molecule has 8 nitrogen and oxygen atoms in total. The molecule has 0 unspecified atom stereocenters. The van der Waals surface area contributed by atoms with E-state index in [0.717, 1.165) is 30.8 Å². The lowest BCUT2D eigenvalue weighted by atomic mass is 10.1. The van der Waals surface area contributed by atoms with Crippen molar-refractivity contribution in [1.29, 1.82) is 0 Å². The van der Waals surface area contributed by atoms with Gasteiger partial charge in [-0.1, -0.05) is 49.4 Å². The van der Waals surface area contributed by atoms with Crippen molar-refractivity contribution in [2.75, 3.05) is 31.1 Å². The largest absolute Gasteiger partial charge is 0.368 e. The summed E-state index contributed by atoms with van der Waals surface area (Å²) in [6.07, 6.45) is 0.967. The maximum Gasteiger partial charge on any atom is 0.293 e. The van der Waals surface area contributed by atoms with E-state index in [2.05, 4.69) is 46.3 Å². The van der Waals surface area contributed by atoms with Gasteiger partial charge in [-0.25, -0.2) is 9.20 Å². The van der Waals surface area contributed by atoms with E-state index in [1.807, 2.05) is 35.2 Å². The van der Waals surface area contributed by atoms with Crippen molar-refractivity contribution in [2.45, 2.75) is 26.8 Å². The topological polar surface area (TPSA) is 75.7 Å². The van der Waals surface area contributed by atoms with Crippen LogP contribution >= 0.6 is 0 Å². The zero-order valence-corrected chi connectivity index (χ0v) is 19.5. The van der Waals surface area contributed by atoms with Crippen molar-refractivity contribution in [3.8, 4) is 11.3 Å². The first kappa shape index (κ1) is 21.9. The summed E-state index contributed by atoms with van der Waals surface area (Å²) in [7, 11) is 0. The number of aryl methyl sites for hydroxylation is 2. The molecule has 0 saturated carbocycles. The van der Waals surface area contributed by atoms with Crippen LogP contribution in [0.15, 0.2) is 65.5 Å². The molecule has 2 aromatic heterocycles. The van der Waals surface area contributed by atoms with Crippen molar-refractivity contribution >= 4 is 17.1 Å². The highest BCUT2D eigenvalue weighted by atomic mass is 16.2. The molecule has 1 aliphatic heterocycles. The molecule has 8 heteroatoms. The fraction of sp³-hybridized carbons (Fsp3) is 0.308. The number of benzene rings is 2. The summed E-state index contributed by atoms with van der Waals surface area (Å²) >= 11 is 0. The highest BCUT2D eigenvalue weighted by molar-refractivity contribution is 5.76. The maximum atomic E-state index is 13.1. The number of para-hydroxylation sites is 1. The Bertz CT molecular complexity index is 1370. The highest BCUT2D eigenvalue weighted by Crippen LogP contribution is 2.20. The zero-order chi connectivity index (χ0) is 23.7. The number of nitrogens with zero attached hydrogens (tertiary/aromatic N) is 6. The van der Waals surface area contributed by atoms with E-state index in [1.54, 1.807) is 17.5 Å². The van der Waals surface area contributed by atoms with E-state index in [-0.39, 0.29) is 18.0 Å². The Hall–Kier alpha value is -3.94. The normalized spacial score (nSPS) is 14.1. The third-order valence-electron chi connectivity index (χ3n) is 6.43. The van der Waals surface area contributed by atoms with Crippen LogP contribution in [0.4, 0.5) is 5.69 Å². The van der Waals surface area contributed by atoms with Gasteiger partial charge in [0.15, 0.2) is 0 Å². The van der Waals surface area contributed by atoms with Gasteiger partial charge in [0.2, 0.25) is 5.91 Å². The zero-order valence-electron chi connectivity index (χ0n) is 19.5. The van der Waals surface area contributed by atoms with Gasteiger partial charge in [-0.15, -0.1) is 0 Å². The van der Waals surface area contributed by atoms with Gasteiger partial charge in [0.25, 0.3) is 5.56 Å². The summed E-state index contributed by atoms with van der Waals surface area (Å²) in [5.74, 6) is 0.466. The first-order valence-electron chi connectivity index (χ1n) is 11.7. The molecule has 34 heavy (non-hydrogen) atoms. The Morgan fingerprint density at radius 1 is 0.941 bits per heavy atom. The van der Waals surface area contributed by atoms with E-state index in [4.69, 9.17) is 0 Å². The summed E-state index contributed by atoms with van der Waals surface area (Å²) in [4.78, 5) is 30.2. The maximum absolute atomic E-state index is 13.1. The van der Waals surface area contributed by atoms with E-state index < -0.39 is 0 Å². The number of amides is 1. The van der Waals surface area contributed by atoms with Gasteiger partial charge in [-0.3, -0.25) is 9.59 Å². The predicted molar refractivity (Wildman–Crippen MR) is 132 cm³/mol. The van der Waals surface area contributed by atoms with Crippen LogP contribution in [0, 0.1) is 6.92 Å². The monoisotopic (exact) mass is 456 g/mol. The molecule has 0 N–H and O–H groups in total. The molecule has 5 rings (SSSR count). The summed E-state index contributed by atoms with van der Waals surface area (Å²) in [6.45, 7) is 6.60. The first-order chi connectivity index (χ1) is 16.5. The molecule has 0 atom stereocenters. The molecule has 1 aliphatic rings. The second kappa shape index (κ2) is 9.13. The van der Waals surface area contributed by atoms with Crippen molar-refractivity contribution in [1.82, 2.24) is 24.3 Å². The lowest BCUT2D eigenvalue weighted by molar-refractivity contribution is -0.132. The molecule has 2 aromatic carbocycles. The van der Waals surface area contributed by atoms with E-state index in [9.17, 15) is 9.59 Å². The smallest absolute Gasteiger partial charge is 0.293 e. The van der Waals surface area contributed by atoms with Crippen molar-refractivity contribution < 1.29 is 4.79 Å². The lowest BCUT2D eigenvalue weighted by Gasteiger charge is -2.36. The highest BCUT2D eigenvalue weighted by Gasteiger charge is 2.23. The fourth-order valence-corrected chi connectivity index (χ4v) is 4.42. The number of piperazine rings is 1. The van der Waals surface area contributed by atoms with Gasteiger partial charge < -0.3 is 9.80 Å². The van der Waals surface area contributed by atoms with Crippen LogP contribution in [0.1, 0.15) is 18.3 Å². The number of anilines is 1. The molecule has 3 heterocycles. The van der Waals surface area contributed by atoms with Crippen LogP contribution in [-0.2, 0) is 17.8 Å². The molecule has 1 fully saturated rings. The van der Waals surface area contributed by atoms with Crippen molar-refractivity contribution in [2.24, 2.45) is 0 Å². The molecule has 1 amide bonds. The molecule has 4 aromatic rings. The van der Waals surface area contributed by atoms with Gasteiger partial charge in [-0.05, 0) is 37.1 Å². The number of carbonyl (C=O) groups is 1. The summed E-state index contributed by atoms with van der Waals surface area (Å²) in [5, 5.41) is 8.97. The van der Waals surface area contributed by atoms with Gasteiger partial charge in [0.05, 0.1) is 5.69 Å². The average Bonchev–Trinajstić information content (AvgIpc) is 3.34. The van der Waals surface area contributed by atoms with Crippen LogP contribution in [-0.4, -0.2) is 56.4 Å². The Morgan fingerprint density at radius 3 is 2.32 bits per heavy atom. The summed E-state index contributed by atoms with van der Waals surface area (Å²) in [6, 6.07) is 20.1. The Morgan fingerprint density at radius 2 is 1.65 bits per heavy atom. The molecule has 0 aliphatic carbocycles. The minimum atomic E-state index is -0.314. The Balaban J connectivity index is 1.33. The van der Waals surface area contributed by atoms with Crippen LogP contribution in [0.25, 0.3) is 16.8 Å². The standard InChI is InChI=1S/C26H28N6O2/c1-3-20-9-11-21(12-10-20)23-17-24-26(34)31(27-19(2)32(24)28-23)18-25(33)30-15-13-29(14-16-30)22-7-5-4-6-8-22/h4-12,17H,3,13-16,18H2,1-2H3. The lowest BCUT2D eigenvalue weighted by Crippen LogP contribution is -2.50. The van der Waals surface area contributed by atoms with E-state index >= 15 is 0 Å². The molecule has 0 bridgehead atoms. The third kappa shape index (κ3) is 4.19. The third-order valence-corrected chi connectivity index (χ3v) is 6.43. The van der Waals surface area contributed by atoms with Gasteiger partial charge >= 0.3 is 0 Å². The van der Waals surface area contributed by atoms with Crippen molar-refractivity contribution in [3.63, 3.8) is 0 Å². The molecular formula is C26H28N6O2. The van der Waals surface area contributed by atoms with Crippen molar-refractivity contribution in [3.05, 3.63) is 82.4 Å². The first-order valence-corrected chi connectivity index (χ1v) is 11.7. The summed E-state index contributed by atoms with van der Waals surface area (Å²) < 4.78 is 2.83. The molecule has 1 saturated heterocycles. The second-order valence-electron chi connectivity index (χ2n) is 8.59. The average molecular weight is 457 g/mol. The van der Waals surface area contributed by atoms with Gasteiger partial charge in [0, 0.05) is 37.4 Å². The number of aromatic nitrogens is 4. The number of rotatable bonds is 5. The second-order valence-corrected chi connectivity index (χ2v) is 8.59. The molecule has 0 radical (unpaired) electrons. The Labute approximate surface area is 198 Å². The van der Waals surface area contributed by atoms with E-state index in [1.165, 1.54) is 10.2 Å². The fourth-order valence-electron chi connectivity index (χ4n) is 4.42. The quantitative estimate of drug-likeness (QED) is 0.462. The Kier molecular flexibility index (Phi) is 5.88. The van der Waals surface area contributed by atoms with Crippen LogP contribution in [0.2, 0.25) is 0 Å². The number of hydrogen-bond acceptors (Lipinski definition) is 5. The minimum Gasteiger partial charge on any atom is -0.368 e. The number of fused-ring (bicyclic) bond motifs is 1. The summed E-state index contributed by atoms with van der Waals surface area (Å²) in [5.41, 5.74) is 4.17. The molecule has 174 valence electrons. The predicted octanol–water partition coefficient (Wildman–Crippen LogP) is 2.78. The van der Waals surface area contributed by atoms with Crippen LogP contribution in [0.5, 0.6) is 0 Å². The number of hydrogen-bond donors (Lipinski definition) is 0. The van der Waals surface area contributed by atoms with Crippen LogP contribution in [0.3, 0.4) is 0 Å². The van der Waals surface area contributed by atoms with Crippen LogP contribution < -0.4 is 10.5 Å². The number of carbonyl (C=O) groups excluding carboxylic acids is 1. The minimum absolute atomic E-state index is 0.0762. The SMILES string of the molecule is CCc1ccc(-c2cc3c(=O)n(CC(=O)N4CCN(c5ccccc5)CC4)nc(C)n3n2)cc1. The van der Waals surface area contributed by atoms with E-state index in [0.29, 0.717) is 30.1 Å². The van der Waals surface area contributed by atoms with Gasteiger partial charge in [-0.2, -0.15) is 10.2 Å². The molecule has 0 spiro atoms.